The highest BCUT2D eigenvalue weighted by Crippen LogP contribution is 2.24. The fourth-order valence-corrected chi connectivity index (χ4v) is 2.18. The predicted octanol–water partition coefficient (Wildman–Crippen LogP) is 2.50. The van der Waals surface area contributed by atoms with Gasteiger partial charge in [0.15, 0.2) is 5.78 Å². The summed E-state index contributed by atoms with van der Waals surface area (Å²) in [6.07, 6.45) is 3.19. The maximum Gasteiger partial charge on any atom is 0.160 e. The van der Waals surface area contributed by atoms with E-state index in [-0.39, 0.29) is 5.78 Å². The van der Waals surface area contributed by atoms with Crippen LogP contribution < -0.4 is 5.73 Å². The molecule has 0 aromatic heterocycles. The van der Waals surface area contributed by atoms with Gasteiger partial charge in [-0.25, -0.2) is 0 Å². The Bertz CT molecular complexity index is 446. The van der Waals surface area contributed by atoms with Gasteiger partial charge in [0.05, 0.1) is 0 Å². The van der Waals surface area contributed by atoms with Gasteiger partial charge in [0, 0.05) is 24.1 Å². The summed E-state index contributed by atoms with van der Waals surface area (Å²) in [6.45, 7) is 2.07. The lowest BCUT2D eigenvalue weighted by Crippen LogP contribution is -2.09. The number of hydrogen-bond acceptors (Lipinski definition) is 2. The van der Waals surface area contributed by atoms with Gasteiger partial charge in [-0.15, -0.1) is 0 Å². The van der Waals surface area contributed by atoms with Crippen molar-refractivity contribution in [3.05, 3.63) is 46.7 Å². The molecule has 1 aromatic carbocycles. The van der Waals surface area contributed by atoms with Crippen molar-refractivity contribution in [3.8, 4) is 0 Å². The lowest BCUT2D eigenvalue weighted by Gasteiger charge is -2.08. The Morgan fingerprint density at radius 3 is 2.69 bits per heavy atom. The number of hydrogen-bond donors (Lipinski definition) is 1. The first-order valence-electron chi connectivity index (χ1n) is 5.73. The molecule has 0 heterocycles. The molecular formula is C14H17NO. The highest BCUT2D eigenvalue weighted by molar-refractivity contribution is 5.98. The van der Waals surface area contributed by atoms with Crippen molar-refractivity contribution in [1.29, 1.82) is 0 Å². The van der Waals surface area contributed by atoms with E-state index in [1.807, 2.05) is 12.1 Å². The highest BCUT2D eigenvalue weighted by Gasteiger charge is 2.20. The van der Waals surface area contributed by atoms with Gasteiger partial charge in [0.25, 0.3) is 0 Å². The van der Waals surface area contributed by atoms with Gasteiger partial charge in [-0.05, 0) is 30.9 Å². The molecule has 1 saturated carbocycles. The third-order valence-corrected chi connectivity index (χ3v) is 3.20. The smallest absolute Gasteiger partial charge is 0.160 e. The van der Waals surface area contributed by atoms with Gasteiger partial charge in [-0.1, -0.05) is 24.3 Å². The SMILES string of the molecule is Cc1ccccc1C/C(N)=C1\CCCC1=O. The van der Waals surface area contributed by atoms with Crippen molar-refractivity contribution in [2.45, 2.75) is 32.6 Å². The van der Waals surface area contributed by atoms with Gasteiger partial charge < -0.3 is 5.73 Å². The van der Waals surface area contributed by atoms with Gasteiger partial charge in [0.1, 0.15) is 0 Å². The van der Waals surface area contributed by atoms with Crippen LogP contribution in [0.5, 0.6) is 0 Å². The van der Waals surface area contributed by atoms with Crippen molar-refractivity contribution in [3.63, 3.8) is 0 Å². The van der Waals surface area contributed by atoms with E-state index < -0.39 is 0 Å². The van der Waals surface area contributed by atoms with Gasteiger partial charge >= 0.3 is 0 Å². The Hall–Kier alpha value is -1.57. The Morgan fingerprint density at radius 1 is 1.31 bits per heavy atom. The minimum atomic E-state index is 0.242. The molecule has 0 spiro atoms. The average molecular weight is 215 g/mol. The third kappa shape index (κ3) is 2.16. The third-order valence-electron chi connectivity index (χ3n) is 3.20. The van der Waals surface area contributed by atoms with E-state index >= 15 is 0 Å². The van der Waals surface area contributed by atoms with Crippen LogP contribution >= 0.6 is 0 Å². The number of Topliss-reactive ketones (excluding diaryl/α,β-unsaturated/α-hetero) is 1. The van der Waals surface area contributed by atoms with Gasteiger partial charge in [0.2, 0.25) is 0 Å². The number of nitrogens with two attached hydrogens (primary N) is 1. The summed E-state index contributed by atoms with van der Waals surface area (Å²) < 4.78 is 0. The second kappa shape index (κ2) is 4.52. The molecule has 2 rings (SSSR count). The van der Waals surface area contributed by atoms with E-state index in [1.54, 1.807) is 0 Å². The van der Waals surface area contributed by atoms with Crippen molar-refractivity contribution in [1.82, 2.24) is 0 Å². The van der Waals surface area contributed by atoms with Crippen LogP contribution in [0.15, 0.2) is 35.5 Å². The number of ketones is 1. The van der Waals surface area contributed by atoms with Crippen molar-refractivity contribution in [2.24, 2.45) is 5.73 Å². The van der Waals surface area contributed by atoms with Crippen LogP contribution in [0.3, 0.4) is 0 Å². The molecule has 0 unspecified atom stereocenters. The average Bonchev–Trinajstić information content (AvgIpc) is 2.68. The summed E-state index contributed by atoms with van der Waals surface area (Å²) in [4.78, 5) is 11.6. The first-order chi connectivity index (χ1) is 7.68. The fourth-order valence-electron chi connectivity index (χ4n) is 2.18. The quantitative estimate of drug-likeness (QED) is 0.770. The van der Waals surface area contributed by atoms with Crippen LogP contribution in [0, 0.1) is 6.92 Å². The Kier molecular flexibility index (Phi) is 3.09. The van der Waals surface area contributed by atoms with E-state index in [0.717, 1.165) is 24.1 Å². The zero-order valence-corrected chi connectivity index (χ0v) is 9.62. The zero-order valence-electron chi connectivity index (χ0n) is 9.62. The lowest BCUT2D eigenvalue weighted by molar-refractivity contribution is -0.114. The van der Waals surface area contributed by atoms with Crippen LogP contribution in [0.2, 0.25) is 0 Å². The molecule has 1 aliphatic carbocycles. The molecule has 1 aliphatic rings. The summed E-state index contributed by atoms with van der Waals surface area (Å²) in [5.74, 6) is 0.242. The molecule has 0 amide bonds. The van der Waals surface area contributed by atoms with Crippen LogP contribution in [-0.4, -0.2) is 5.78 Å². The van der Waals surface area contributed by atoms with Gasteiger partial charge in [-0.2, -0.15) is 0 Å². The van der Waals surface area contributed by atoms with Gasteiger partial charge in [-0.3, -0.25) is 4.79 Å². The van der Waals surface area contributed by atoms with Crippen molar-refractivity contribution in [2.75, 3.05) is 0 Å². The maximum absolute atomic E-state index is 11.6. The van der Waals surface area contributed by atoms with Crippen LogP contribution in [0.1, 0.15) is 30.4 Å². The molecular weight excluding hydrogens is 198 g/mol. The number of aryl methyl sites for hydroxylation is 1. The van der Waals surface area contributed by atoms with E-state index in [9.17, 15) is 4.79 Å². The van der Waals surface area contributed by atoms with E-state index in [4.69, 9.17) is 5.73 Å². The molecule has 0 radical (unpaired) electrons. The van der Waals surface area contributed by atoms with Crippen LogP contribution in [0.4, 0.5) is 0 Å². The first kappa shape index (κ1) is 10.9. The van der Waals surface area contributed by atoms with Crippen LogP contribution in [0.25, 0.3) is 0 Å². The first-order valence-corrected chi connectivity index (χ1v) is 5.73. The standard InChI is InChI=1S/C14H17NO/c1-10-5-2-3-6-11(10)9-13(15)12-7-4-8-14(12)16/h2-3,5-6H,4,7-9,15H2,1H3/b13-12-. The fraction of sp³-hybridized carbons (Fsp3) is 0.357. The Balaban J connectivity index is 2.22. The van der Waals surface area contributed by atoms with E-state index in [0.29, 0.717) is 12.8 Å². The topological polar surface area (TPSA) is 43.1 Å². The van der Waals surface area contributed by atoms with E-state index in [2.05, 4.69) is 19.1 Å². The summed E-state index contributed by atoms with van der Waals surface area (Å²) in [7, 11) is 0. The minimum Gasteiger partial charge on any atom is -0.401 e. The zero-order chi connectivity index (χ0) is 11.5. The number of carbonyl (C=O) groups excluding carboxylic acids is 1. The summed E-state index contributed by atoms with van der Waals surface area (Å²) in [5, 5.41) is 0. The molecule has 1 aromatic rings. The summed E-state index contributed by atoms with van der Waals surface area (Å²) in [5.41, 5.74) is 10.1. The number of allylic oxidation sites excluding steroid dienone is 2. The lowest BCUT2D eigenvalue weighted by atomic mass is 10.0. The Morgan fingerprint density at radius 2 is 2.06 bits per heavy atom. The molecule has 2 heteroatoms. The molecule has 0 atom stereocenters. The van der Waals surface area contributed by atoms with Crippen molar-refractivity contribution < 1.29 is 4.79 Å². The van der Waals surface area contributed by atoms with Crippen LogP contribution in [-0.2, 0) is 11.2 Å². The van der Waals surface area contributed by atoms with Crippen molar-refractivity contribution >= 4 is 5.78 Å². The number of benzene rings is 1. The summed E-state index contributed by atoms with van der Waals surface area (Å²) in [6, 6.07) is 8.17. The molecule has 84 valence electrons. The number of carbonyl (C=O) groups is 1. The predicted molar refractivity (Wildman–Crippen MR) is 65.0 cm³/mol. The monoisotopic (exact) mass is 215 g/mol. The van der Waals surface area contributed by atoms with E-state index in [1.165, 1.54) is 11.1 Å². The molecule has 2 N–H and O–H groups in total. The molecule has 1 fully saturated rings. The molecule has 0 bridgehead atoms. The normalized spacial score (nSPS) is 18.9. The molecule has 16 heavy (non-hydrogen) atoms. The second-order valence-corrected chi connectivity index (χ2v) is 4.38. The summed E-state index contributed by atoms with van der Waals surface area (Å²) >= 11 is 0. The molecule has 0 aliphatic heterocycles. The minimum absolute atomic E-state index is 0.242. The number of rotatable bonds is 2. The molecule has 0 saturated heterocycles. The second-order valence-electron chi connectivity index (χ2n) is 4.38. The maximum atomic E-state index is 11.6. The molecule has 2 nitrogen and oxygen atoms in total. The highest BCUT2D eigenvalue weighted by atomic mass is 16.1. The largest absolute Gasteiger partial charge is 0.401 e. The Labute approximate surface area is 96.2 Å².